The van der Waals surface area contributed by atoms with Crippen LogP contribution in [0.3, 0.4) is 0 Å². The normalized spacial score (nSPS) is 20.8. The summed E-state index contributed by atoms with van der Waals surface area (Å²) in [6.45, 7) is 3.27. The first-order chi connectivity index (χ1) is 9.83. The lowest BCUT2D eigenvalue weighted by Crippen LogP contribution is -2.62. The predicted molar refractivity (Wildman–Crippen MR) is 75.0 cm³/mol. The first kappa shape index (κ1) is 15.4. The third kappa shape index (κ3) is 3.39. The van der Waals surface area contributed by atoms with E-state index in [1.807, 2.05) is 13.8 Å². The number of aliphatic hydroxyl groups excluding tert-OH is 1. The molecule has 1 saturated heterocycles. The van der Waals surface area contributed by atoms with Gasteiger partial charge in [-0.3, -0.25) is 9.59 Å². The van der Waals surface area contributed by atoms with Crippen LogP contribution in [0.25, 0.3) is 0 Å². The molecule has 0 bridgehead atoms. The van der Waals surface area contributed by atoms with Crippen molar-refractivity contribution in [1.82, 2.24) is 10.6 Å². The zero-order chi connectivity index (χ0) is 15.6. The van der Waals surface area contributed by atoms with Crippen LogP contribution in [0.1, 0.15) is 42.6 Å². The van der Waals surface area contributed by atoms with Gasteiger partial charge in [-0.1, -0.05) is 6.07 Å². The number of halogens is 1. The van der Waals surface area contributed by atoms with Gasteiger partial charge in [0.15, 0.2) is 0 Å². The Morgan fingerprint density at radius 3 is 2.81 bits per heavy atom. The number of nitrogens with one attached hydrogen (secondary N) is 2. The predicted octanol–water partition coefficient (Wildman–Crippen LogP) is 1.10. The highest BCUT2D eigenvalue weighted by Gasteiger charge is 2.36. The lowest BCUT2D eigenvalue weighted by molar-refractivity contribution is -0.125. The third-order valence-corrected chi connectivity index (χ3v) is 3.78. The van der Waals surface area contributed by atoms with Gasteiger partial charge in [-0.25, -0.2) is 4.39 Å². The maximum atomic E-state index is 13.6. The van der Waals surface area contributed by atoms with E-state index in [2.05, 4.69) is 10.6 Å². The van der Waals surface area contributed by atoms with Crippen molar-refractivity contribution in [1.29, 1.82) is 0 Å². The number of aliphatic hydroxyl groups is 1. The van der Waals surface area contributed by atoms with Gasteiger partial charge in [-0.15, -0.1) is 0 Å². The molecule has 1 aliphatic rings. The number of hydrogen-bond acceptors (Lipinski definition) is 3. The number of carbonyl (C=O) groups is 2. The van der Waals surface area contributed by atoms with Crippen LogP contribution in [0, 0.1) is 5.82 Å². The van der Waals surface area contributed by atoms with Crippen molar-refractivity contribution in [3.05, 3.63) is 35.1 Å². The van der Waals surface area contributed by atoms with E-state index in [1.165, 1.54) is 12.1 Å². The van der Waals surface area contributed by atoms with Gasteiger partial charge in [0.2, 0.25) is 5.91 Å². The molecule has 0 radical (unpaired) electrons. The Balaban J connectivity index is 2.11. The summed E-state index contributed by atoms with van der Waals surface area (Å²) in [5.74, 6) is -1.04. The summed E-state index contributed by atoms with van der Waals surface area (Å²) in [6, 6.07) is 3.74. The zero-order valence-electron chi connectivity index (χ0n) is 12.1. The van der Waals surface area contributed by atoms with Gasteiger partial charge in [0.1, 0.15) is 5.82 Å². The number of amides is 2. The minimum atomic E-state index is -0.610. The molecule has 0 aromatic heterocycles. The summed E-state index contributed by atoms with van der Waals surface area (Å²) in [5.41, 5.74) is -0.205. The molecule has 5 nitrogen and oxygen atoms in total. The highest BCUT2D eigenvalue weighted by molar-refractivity contribution is 5.94. The lowest BCUT2D eigenvalue weighted by Gasteiger charge is -2.39. The fourth-order valence-corrected chi connectivity index (χ4v) is 2.46. The van der Waals surface area contributed by atoms with Crippen molar-refractivity contribution in [2.45, 2.75) is 44.9 Å². The highest BCUT2D eigenvalue weighted by Crippen LogP contribution is 2.20. The lowest BCUT2D eigenvalue weighted by atomic mass is 9.86. The molecule has 1 fully saturated rings. The van der Waals surface area contributed by atoms with Gasteiger partial charge >= 0.3 is 0 Å². The minimum absolute atomic E-state index is 0.0381. The van der Waals surface area contributed by atoms with Crippen LogP contribution in [0.15, 0.2) is 18.2 Å². The number of hydrogen-bond donors (Lipinski definition) is 3. The Morgan fingerprint density at radius 2 is 2.24 bits per heavy atom. The fourth-order valence-electron chi connectivity index (χ4n) is 2.46. The Bertz CT molecular complexity index is 572. The van der Waals surface area contributed by atoms with Crippen LogP contribution in [0.2, 0.25) is 0 Å². The van der Waals surface area contributed by atoms with Gasteiger partial charge in [0.05, 0.1) is 18.2 Å². The average Bonchev–Trinajstić information content (AvgIpc) is 2.41. The summed E-state index contributed by atoms with van der Waals surface area (Å²) in [4.78, 5) is 23.6. The second-order valence-corrected chi connectivity index (χ2v) is 5.80. The van der Waals surface area contributed by atoms with Crippen molar-refractivity contribution in [2.24, 2.45) is 0 Å². The van der Waals surface area contributed by atoms with Crippen LogP contribution < -0.4 is 10.6 Å². The van der Waals surface area contributed by atoms with E-state index >= 15 is 0 Å². The first-order valence-electron chi connectivity index (χ1n) is 6.84. The molecular formula is C15H19FN2O3. The van der Waals surface area contributed by atoms with Crippen molar-refractivity contribution < 1.29 is 19.1 Å². The molecule has 0 saturated carbocycles. The molecule has 1 atom stereocenters. The monoisotopic (exact) mass is 294 g/mol. The highest BCUT2D eigenvalue weighted by atomic mass is 19.1. The number of piperidine rings is 1. The topological polar surface area (TPSA) is 78.4 Å². The molecule has 1 aromatic rings. The summed E-state index contributed by atoms with van der Waals surface area (Å²) < 4.78 is 13.6. The van der Waals surface area contributed by atoms with E-state index in [-0.39, 0.29) is 23.1 Å². The van der Waals surface area contributed by atoms with Gasteiger partial charge in [0, 0.05) is 17.5 Å². The summed E-state index contributed by atoms with van der Waals surface area (Å²) in [5, 5.41) is 14.6. The molecule has 1 aliphatic heterocycles. The average molecular weight is 294 g/mol. The van der Waals surface area contributed by atoms with E-state index in [1.54, 1.807) is 0 Å². The van der Waals surface area contributed by atoms with Crippen LogP contribution in [-0.2, 0) is 11.4 Å². The number of carbonyl (C=O) groups excluding carboxylic acids is 2. The molecule has 3 N–H and O–H groups in total. The minimum Gasteiger partial charge on any atom is -0.392 e. The maximum Gasteiger partial charge on any atom is 0.251 e. The largest absolute Gasteiger partial charge is 0.392 e. The fraction of sp³-hybridized carbons (Fsp3) is 0.467. The van der Waals surface area contributed by atoms with Gasteiger partial charge in [0.25, 0.3) is 5.91 Å². The molecule has 6 heteroatoms. The van der Waals surface area contributed by atoms with E-state index < -0.39 is 23.9 Å². The van der Waals surface area contributed by atoms with Gasteiger partial charge in [-0.2, -0.15) is 0 Å². The zero-order valence-corrected chi connectivity index (χ0v) is 12.1. The third-order valence-electron chi connectivity index (χ3n) is 3.78. The summed E-state index contributed by atoms with van der Waals surface area (Å²) in [6.07, 6.45) is 0.897. The molecule has 1 aromatic carbocycles. The van der Waals surface area contributed by atoms with Gasteiger partial charge < -0.3 is 15.7 Å². The Labute approximate surface area is 122 Å². The summed E-state index contributed by atoms with van der Waals surface area (Å²) >= 11 is 0. The molecule has 1 heterocycles. The molecule has 21 heavy (non-hydrogen) atoms. The van der Waals surface area contributed by atoms with E-state index in [4.69, 9.17) is 5.11 Å². The van der Waals surface area contributed by atoms with E-state index in [0.717, 1.165) is 6.07 Å². The van der Waals surface area contributed by atoms with Gasteiger partial charge in [-0.05, 0) is 32.4 Å². The SMILES string of the molecule is CC1(C)NC(=O)CCC1NC(=O)c1ccc(CO)c(F)c1. The van der Waals surface area contributed by atoms with Crippen molar-refractivity contribution in [3.63, 3.8) is 0 Å². The number of rotatable bonds is 3. The van der Waals surface area contributed by atoms with Crippen molar-refractivity contribution in [3.8, 4) is 0 Å². The molecule has 2 rings (SSSR count). The molecule has 1 unspecified atom stereocenters. The van der Waals surface area contributed by atoms with E-state index in [0.29, 0.717) is 12.8 Å². The molecule has 2 amide bonds. The second-order valence-electron chi connectivity index (χ2n) is 5.80. The van der Waals surface area contributed by atoms with Crippen LogP contribution in [0.5, 0.6) is 0 Å². The van der Waals surface area contributed by atoms with Crippen LogP contribution in [0.4, 0.5) is 4.39 Å². The Hall–Kier alpha value is -1.95. The van der Waals surface area contributed by atoms with Crippen molar-refractivity contribution in [2.75, 3.05) is 0 Å². The Morgan fingerprint density at radius 1 is 1.52 bits per heavy atom. The smallest absolute Gasteiger partial charge is 0.251 e. The maximum absolute atomic E-state index is 13.6. The molecule has 0 aliphatic carbocycles. The van der Waals surface area contributed by atoms with Crippen LogP contribution in [-0.4, -0.2) is 28.5 Å². The second kappa shape index (κ2) is 5.81. The molecule has 114 valence electrons. The summed E-state index contributed by atoms with van der Waals surface area (Å²) in [7, 11) is 0. The first-order valence-corrected chi connectivity index (χ1v) is 6.84. The standard InChI is InChI=1S/C15H19FN2O3/c1-15(2)12(5-6-13(20)18-15)17-14(21)9-3-4-10(8-19)11(16)7-9/h3-4,7,12,19H,5-6,8H2,1-2H3,(H,17,21)(H,18,20). The Kier molecular flexibility index (Phi) is 4.27. The molecule has 0 spiro atoms. The van der Waals surface area contributed by atoms with E-state index in [9.17, 15) is 14.0 Å². The quantitative estimate of drug-likeness (QED) is 0.781. The van der Waals surface area contributed by atoms with Crippen molar-refractivity contribution >= 4 is 11.8 Å². The van der Waals surface area contributed by atoms with Crippen LogP contribution >= 0.6 is 0 Å². The molecular weight excluding hydrogens is 275 g/mol. The number of benzene rings is 1.